The largest absolute Gasteiger partial charge is 0.472 e. The average molecular weight is 153 g/mol. The molecule has 0 aromatic rings. The maximum absolute atomic E-state index is 10.1. The molecule has 1 heterocycles. The van der Waals surface area contributed by atoms with E-state index < -0.39 is 5.97 Å². The Morgan fingerprint density at radius 1 is 1.73 bits per heavy atom. The molecule has 1 fully saturated rings. The van der Waals surface area contributed by atoms with Crippen molar-refractivity contribution in [3.63, 3.8) is 0 Å². The van der Waals surface area contributed by atoms with Gasteiger partial charge >= 0.3 is 5.97 Å². The molecule has 0 unspecified atom stereocenters. The van der Waals surface area contributed by atoms with Crippen LogP contribution < -0.4 is 5.32 Å². The smallest absolute Gasteiger partial charge is 0.381 e. The van der Waals surface area contributed by atoms with Gasteiger partial charge in [-0.1, -0.05) is 5.92 Å². The van der Waals surface area contributed by atoms with Gasteiger partial charge in [-0.25, -0.2) is 4.79 Å². The summed E-state index contributed by atoms with van der Waals surface area (Å²) >= 11 is 0. The molecule has 3 heteroatoms. The standard InChI is InChI=1S/C8H11NO2/c1-8(4-2-6-9-8)5-3-7(10)11/h9H,2,4,6H2,1H3,(H,10,11)/t8-/m0/s1. The zero-order valence-electron chi connectivity index (χ0n) is 6.48. The second kappa shape index (κ2) is 2.93. The van der Waals surface area contributed by atoms with E-state index >= 15 is 0 Å². The number of aliphatic carboxylic acids is 1. The Bertz CT molecular complexity index is 218. The number of carbonyl (C=O) groups is 1. The summed E-state index contributed by atoms with van der Waals surface area (Å²) in [5, 5.41) is 11.4. The first kappa shape index (κ1) is 8.09. The highest BCUT2D eigenvalue weighted by molar-refractivity contribution is 5.86. The first-order valence-corrected chi connectivity index (χ1v) is 3.63. The van der Waals surface area contributed by atoms with Crippen molar-refractivity contribution in [1.82, 2.24) is 5.32 Å². The van der Waals surface area contributed by atoms with Gasteiger partial charge in [0.15, 0.2) is 0 Å². The molecule has 1 aliphatic rings. The normalized spacial score (nSPS) is 29.2. The SMILES string of the molecule is C[C@@]1(C#CC(=O)O)CCCN1. The molecule has 2 N–H and O–H groups in total. The zero-order valence-corrected chi connectivity index (χ0v) is 6.48. The molecular weight excluding hydrogens is 142 g/mol. The van der Waals surface area contributed by atoms with Crippen LogP contribution in [0.25, 0.3) is 0 Å². The molecule has 11 heavy (non-hydrogen) atoms. The van der Waals surface area contributed by atoms with E-state index in [1.54, 1.807) is 0 Å². The van der Waals surface area contributed by atoms with Crippen LogP contribution in [-0.2, 0) is 4.79 Å². The van der Waals surface area contributed by atoms with Gasteiger partial charge in [0.25, 0.3) is 0 Å². The van der Waals surface area contributed by atoms with E-state index in [2.05, 4.69) is 17.2 Å². The van der Waals surface area contributed by atoms with E-state index in [4.69, 9.17) is 5.11 Å². The van der Waals surface area contributed by atoms with Gasteiger partial charge in [0.1, 0.15) is 0 Å². The van der Waals surface area contributed by atoms with Gasteiger partial charge in [-0.05, 0) is 26.3 Å². The van der Waals surface area contributed by atoms with E-state index in [0.717, 1.165) is 19.4 Å². The summed E-state index contributed by atoms with van der Waals surface area (Å²) in [5.74, 6) is 3.77. The Balaban J connectivity index is 2.61. The number of rotatable bonds is 0. The molecule has 0 radical (unpaired) electrons. The predicted molar refractivity (Wildman–Crippen MR) is 41.1 cm³/mol. The van der Waals surface area contributed by atoms with Gasteiger partial charge < -0.3 is 10.4 Å². The summed E-state index contributed by atoms with van der Waals surface area (Å²) in [4.78, 5) is 10.1. The molecule has 1 aliphatic heterocycles. The summed E-state index contributed by atoms with van der Waals surface area (Å²) in [5.41, 5.74) is -0.265. The molecule has 0 bridgehead atoms. The van der Waals surface area contributed by atoms with Crippen molar-refractivity contribution in [3.8, 4) is 11.8 Å². The molecule has 60 valence electrons. The van der Waals surface area contributed by atoms with Crippen LogP contribution in [0.2, 0.25) is 0 Å². The Hall–Kier alpha value is -1.01. The van der Waals surface area contributed by atoms with Gasteiger partial charge in [0.05, 0.1) is 5.54 Å². The Labute approximate surface area is 65.8 Å². The van der Waals surface area contributed by atoms with Gasteiger partial charge in [-0.3, -0.25) is 0 Å². The van der Waals surface area contributed by atoms with Crippen molar-refractivity contribution in [2.45, 2.75) is 25.3 Å². The second-order valence-corrected chi connectivity index (χ2v) is 2.92. The van der Waals surface area contributed by atoms with Crippen molar-refractivity contribution in [2.75, 3.05) is 6.54 Å². The van der Waals surface area contributed by atoms with Crippen molar-refractivity contribution in [3.05, 3.63) is 0 Å². The van der Waals surface area contributed by atoms with Gasteiger partial charge in [-0.2, -0.15) is 0 Å². The van der Waals surface area contributed by atoms with E-state index in [1.807, 2.05) is 6.92 Å². The lowest BCUT2D eigenvalue weighted by molar-refractivity contribution is -0.130. The van der Waals surface area contributed by atoms with Crippen molar-refractivity contribution < 1.29 is 9.90 Å². The maximum Gasteiger partial charge on any atom is 0.381 e. The van der Waals surface area contributed by atoms with E-state index in [-0.39, 0.29) is 5.54 Å². The first-order valence-electron chi connectivity index (χ1n) is 3.63. The molecule has 0 aliphatic carbocycles. The third-order valence-corrected chi connectivity index (χ3v) is 1.81. The molecule has 0 saturated carbocycles. The Morgan fingerprint density at radius 2 is 2.45 bits per heavy atom. The minimum absolute atomic E-state index is 0.265. The van der Waals surface area contributed by atoms with Crippen LogP contribution in [0.5, 0.6) is 0 Å². The molecule has 0 spiro atoms. The monoisotopic (exact) mass is 153 g/mol. The average Bonchev–Trinajstić information content (AvgIpc) is 2.33. The number of nitrogens with one attached hydrogen (secondary N) is 1. The molecule has 0 aromatic carbocycles. The lowest BCUT2D eigenvalue weighted by Crippen LogP contribution is -2.34. The molecule has 1 atom stereocenters. The van der Waals surface area contributed by atoms with Crippen LogP contribution in [0, 0.1) is 11.8 Å². The van der Waals surface area contributed by atoms with Gasteiger partial charge in [0, 0.05) is 5.92 Å². The molecule has 0 aromatic heterocycles. The number of hydrogen-bond donors (Lipinski definition) is 2. The fraction of sp³-hybridized carbons (Fsp3) is 0.625. The number of carboxylic acids is 1. The van der Waals surface area contributed by atoms with E-state index in [9.17, 15) is 4.79 Å². The van der Waals surface area contributed by atoms with Crippen molar-refractivity contribution in [1.29, 1.82) is 0 Å². The zero-order chi connectivity index (χ0) is 8.32. The minimum atomic E-state index is -1.06. The molecule has 3 nitrogen and oxygen atoms in total. The fourth-order valence-corrected chi connectivity index (χ4v) is 1.19. The highest BCUT2D eigenvalue weighted by Crippen LogP contribution is 2.16. The van der Waals surface area contributed by atoms with Crippen LogP contribution >= 0.6 is 0 Å². The topological polar surface area (TPSA) is 49.3 Å². The van der Waals surface area contributed by atoms with Crippen LogP contribution in [0.3, 0.4) is 0 Å². The van der Waals surface area contributed by atoms with Crippen LogP contribution in [-0.4, -0.2) is 23.2 Å². The third kappa shape index (κ3) is 2.24. The van der Waals surface area contributed by atoms with Crippen molar-refractivity contribution >= 4 is 5.97 Å². The summed E-state index contributed by atoms with van der Waals surface area (Å²) in [6, 6.07) is 0. The third-order valence-electron chi connectivity index (χ3n) is 1.81. The highest BCUT2D eigenvalue weighted by atomic mass is 16.4. The summed E-state index contributed by atoms with van der Waals surface area (Å²) in [7, 11) is 0. The Kier molecular flexibility index (Phi) is 2.16. The Morgan fingerprint density at radius 3 is 2.91 bits per heavy atom. The second-order valence-electron chi connectivity index (χ2n) is 2.92. The van der Waals surface area contributed by atoms with E-state index in [0.29, 0.717) is 0 Å². The van der Waals surface area contributed by atoms with Crippen LogP contribution in [0.15, 0.2) is 0 Å². The molecule has 1 saturated heterocycles. The first-order chi connectivity index (χ1) is 5.12. The quantitative estimate of drug-likeness (QED) is 0.489. The van der Waals surface area contributed by atoms with E-state index in [1.165, 1.54) is 0 Å². The lowest BCUT2D eigenvalue weighted by Gasteiger charge is -2.14. The summed E-state index contributed by atoms with van der Waals surface area (Å²) in [6.45, 7) is 2.86. The number of carboxylic acid groups (broad SMARTS) is 1. The van der Waals surface area contributed by atoms with Crippen molar-refractivity contribution in [2.24, 2.45) is 0 Å². The molecular formula is C8H11NO2. The predicted octanol–water partition coefficient (Wildman–Crippen LogP) is 0.216. The minimum Gasteiger partial charge on any atom is -0.472 e. The number of hydrogen-bond acceptors (Lipinski definition) is 2. The molecule has 0 amide bonds. The van der Waals surface area contributed by atoms with Crippen LogP contribution in [0.4, 0.5) is 0 Å². The summed E-state index contributed by atoms with van der Waals surface area (Å²) in [6.07, 6.45) is 2.01. The van der Waals surface area contributed by atoms with Gasteiger partial charge in [-0.15, -0.1) is 0 Å². The lowest BCUT2D eigenvalue weighted by atomic mass is 10.0. The van der Waals surface area contributed by atoms with Crippen LogP contribution in [0.1, 0.15) is 19.8 Å². The maximum atomic E-state index is 10.1. The van der Waals surface area contributed by atoms with Gasteiger partial charge in [0.2, 0.25) is 0 Å². The molecule has 1 rings (SSSR count). The summed E-state index contributed by atoms with van der Waals surface area (Å²) < 4.78 is 0. The highest BCUT2D eigenvalue weighted by Gasteiger charge is 2.25. The fourth-order valence-electron chi connectivity index (χ4n) is 1.19.